The van der Waals surface area contributed by atoms with Crippen LogP contribution in [0.2, 0.25) is 0 Å². The Balaban J connectivity index is 2.18. The Labute approximate surface area is 199 Å². The minimum absolute atomic E-state index is 0.174. The Morgan fingerprint density at radius 2 is 1.44 bits per heavy atom. The van der Waals surface area contributed by atoms with E-state index >= 15 is 0 Å². The Morgan fingerprint density at radius 1 is 0.912 bits per heavy atom. The van der Waals surface area contributed by atoms with Crippen molar-refractivity contribution in [1.29, 1.82) is 0 Å². The third-order valence-corrected chi connectivity index (χ3v) is 4.99. The maximum atomic E-state index is 13.1. The van der Waals surface area contributed by atoms with Crippen molar-refractivity contribution in [3.8, 4) is 0 Å². The zero-order valence-electron chi connectivity index (χ0n) is 19.7. The molecule has 0 heterocycles. The maximum absolute atomic E-state index is 13.1. The molecule has 0 bridgehead atoms. The standard InChI is InChI=1S/C26H32N2O6/c1-26(2,3)34-25(33)28-22(16-20(24(31)32)14-18-10-6-4-7-11-18)23(30)27-21(17-29)15-19-12-8-5-9-13-19/h4-13,17,20-22H,14-16H2,1-3H3,(H,27,30)(H,28,33)(H,31,32)/t20?,21-,22-/m0/s1. The highest BCUT2D eigenvalue weighted by molar-refractivity contribution is 5.88. The molecule has 2 aromatic carbocycles. The van der Waals surface area contributed by atoms with Crippen LogP contribution in [0, 0.1) is 5.92 Å². The zero-order valence-corrected chi connectivity index (χ0v) is 19.7. The fraction of sp³-hybridized carbons (Fsp3) is 0.385. The summed E-state index contributed by atoms with van der Waals surface area (Å²) >= 11 is 0. The molecule has 0 spiro atoms. The number of carboxylic acids is 1. The van der Waals surface area contributed by atoms with Gasteiger partial charge in [0.05, 0.1) is 12.0 Å². The highest BCUT2D eigenvalue weighted by Gasteiger charge is 2.31. The van der Waals surface area contributed by atoms with Crippen LogP contribution in [-0.2, 0) is 32.0 Å². The molecule has 3 N–H and O–H groups in total. The lowest BCUT2D eigenvalue weighted by Gasteiger charge is -2.26. The van der Waals surface area contributed by atoms with E-state index in [1.54, 1.807) is 45.0 Å². The summed E-state index contributed by atoms with van der Waals surface area (Å²) in [4.78, 5) is 49.1. The molecule has 2 aromatic rings. The molecule has 0 saturated heterocycles. The summed E-state index contributed by atoms with van der Waals surface area (Å²) < 4.78 is 5.26. The second-order valence-electron chi connectivity index (χ2n) is 9.10. The van der Waals surface area contributed by atoms with Gasteiger partial charge in [0.25, 0.3) is 0 Å². The topological polar surface area (TPSA) is 122 Å². The molecule has 2 rings (SSSR count). The molecule has 8 heteroatoms. The van der Waals surface area contributed by atoms with Crippen LogP contribution >= 0.6 is 0 Å². The number of carbonyl (C=O) groups is 4. The largest absolute Gasteiger partial charge is 0.481 e. The van der Waals surface area contributed by atoms with Crippen molar-refractivity contribution in [3.63, 3.8) is 0 Å². The quantitative estimate of drug-likeness (QED) is 0.436. The molecule has 2 amide bonds. The molecule has 3 atom stereocenters. The number of amides is 2. The van der Waals surface area contributed by atoms with Crippen molar-refractivity contribution < 1.29 is 29.0 Å². The Bertz CT molecular complexity index is 956. The summed E-state index contributed by atoms with van der Waals surface area (Å²) in [7, 11) is 0. The first kappa shape index (κ1) is 26.6. The van der Waals surface area contributed by atoms with E-state index in [0.29, 0.717) is 6.29 Å². The minimum atomic E-state index is -1.21. The number of hydrogen-bond acceptors (Lipinski definition) is 5. The number of hydrogen-bond donors (Lipinski definition) is 3. The van der Waals surface area contributed by atoms with Gasteiger partial charge in [-0.1, -0.05) is 60.7 Å². The molecule has 34 heavy (non-hydrogen) atoms. The predicted octanol–water partition coefficient (Wildman–Crippen LogP) is 3.14. The second kappa shape index (κ2) is 12.5. The summed E-state index contributed by atoms with van der Waals surface area (Å²) in [5.41, 5.74) is 0.838. The van der Waals surface area contributed by atoms with Gasteiger partial charge in [0.15, 0.2) is 0 Å². The lowest BCUT2D eigenvalue weighted by atomic mass is 9.92. The van der Waals surface area contributed by atoms with Crippen molar-refractivity contribution in [2.75, 3.05) is 0 Å². The van der Waals surface area contributed by atoms with Gasteiger partial charge in [-0.3, -0.25) is 9.59 Å². The lowest BCUT2D eigenvalue weighted by Crippen LogP contribution is -2.52. The van der Waals surface area contributed by atoms with Crippen molar-refractivity contribution in [2.45, 2.75) is 57.7 Å². The van der Waals surface area contributed by atoms with Crippen LogP contribution in [0.15, 0.2) is 60.7 Å². The molecule has 0 radical (unpaired) electrons. The number of aldehydes is 1. The number of carboxylic acid groups (broad SMARTS) is 1. The molecule has 0 aliphatic heterocycles. The van der Waals surface area contributed by atoms with Gasteiger partial charge in [-0.2, -0.15) is 0 Å². The molecular formula is C26H32N2O6. The van der Waals surface area contributed by atoms with E-state index in [9.17, 15) is 24.3 Å². The average Bonchev–Trinajstić information content (AvgIpc) is 2.77. The average molecular weight is 469 g/mol. The molecule has 0 fully saturated rings. The Kier molecular flexibility index (Phi) is 9.79. The fourth-order valence-corrected chi connectivity index (χ4v) is 3.42. The summed E-state index contributed by atoms with van der Waals surface area (Å²) in [5, 5.41) is 14.9. The number of benzene rings is 2. The first-order valence-corrected chi connectivity index (χ1v) is 11.1. The van der Waals surface area contributed by atoms with E-state index in [2.05, 4.69) is 10.6 Å². The Morgan fingerprint density at radius 3 is 1.91 bits per heavy atom. The number of aliphatic carboxylic acids is 1. The van der Waals surface area contributed by atoms with Crippen LogP contribution in [0.1, 0.15) is 38.3 Å². The van der Waals surface area contributed by atoms with E-state index < -0.39 is 41.6 Å². The summed E-state index contributed by atoms with van der Waals surface area (Å²) in [6, 6.07) is 16.1. The zero-order chi connectivity index (χ0) is 25.1. The number of alkyl carbamates (subject to hydrolysis) is 1. The molecular weight excluding hydrogens is 436 g/mol. The van der Waals surface area contributed by atoms with Gasteiger partial charge in [0.2, 0.25) is 5.91 Å². The van der Waals surface area contributed by atoms with Crippen LogP contribution in [0.3, 0.4) is 0 Å². The summed E-state index contributed by atoms with van der Waals surface area (Å²) in [6.45, 7) is 5.04. The van der Waals surface area contributed by atoms with Crippen LogP contribution in [0.4, 0.5) is 4.79 Å². The molecule has 0 aromatic heterocycles. The molecule has 8 nitrogen and oxygen atoms in total. The van der Waals surface area contributed by atoms with Gasteiger partial charge in [0, 0.05) is 0 Å². The van der Waals surface area contributed by atoms with Crippen LogP contribution in [0.25, 0.3) is 0 Å². The second-order valence-corrected chi connectivity index (χ2v) is 9.10. The van der Waals surface area contributed by atoms with Crippen molar-refractivity contribution in [1.82, 2.24) is 10.6 Å². The third-order valence-electron chi connectivity index (χ3n) is 4.99. The Hall–Kier alpha value is -3.68. The van der Waals surface area contributed by atoms with E-state index in [0.717, 1.165) is 11.1 Å². The normalized spacial score (nSPS) is 13.7. The van der Waals surface area contributed by atoms with E-state index in [1.165, 1.54) is 0 Å². The fourth-order valence-electron chi connectivity index (χ4n) is 3.42. The van der Waals surface area contributed by atoms with Gasteiger partial charge in [-0.05, 0) is 51.2 Å². The number of ether oxygens (including phenoxy) is 1. The minimum Gasteiger partial charge on any atom is -0.481 e. The first-order chi connectivity index (χ1) is 16.1. The van der Waals surface area contributed by atoms with Gasteiger partial charge in [-0.25, -0.2) is 4.79 Å². The van der Waals surface area contributed by atoms with E-state index in [4.69, 9.17) is 4.74 Å². The smallest absolute Gasteiger partial charge is 0.408 e. The van der Waals surface area contributed by atoms with Gasteiger partial charge >= 0.3 is 12.1 Å². The van der Waals surface area contributed by atoms with E-state index in [-0.39, 0.29) is 19.3 Å². The maximum Gasteiger partial charge on any atom is 0.408 e. The number of nitrogens with one attached hydrogen (secondary N) is 2. The van der Waals surface area contributed by atoms with E-state index in [1.807, 2.05) is 36.4 Å². The monoisotopic (exact) mass is 468 g/mol. The van der Waals surface area contributed by atoms with Crippen molar-refractivity contribution in [3.05, 3.63) is 71.8 Å². The summed E-state index contributed by atoms with van der Waals surface area (Å²) in [5.74, 6) is -2.70. The number of carbonyl (C=O) groups excluding carboxylic acids is 3. The third kappa shape index (κ3) is 9.44. The molecule has 0 saturated carbocycles. The van der Waals surface area contributed by atoms with Crippen LogP contribution < -0.4 is 10.6 Å². The molecule has 0 aliphatic carbocycles. The molecule has 0 aliphatic rings. The summed E-state index contributed by atoms with van der Waals surface area (Å²) in [6.07, 6.45) is 0.0427. The highest BCUT2D eigenvalue weighted by Crippen LogP contribution is 2.17. The van der Waals surface area contributed by atoms with Gasteiger partial charge < -0.3 is 25.3 Å². The predicted molar refractivity (Wildman–Crippen MR) is 127 cm³/mol. The SMILES string of the molecule is CC(C)(C)OC(=O)N[C@@H](CC(Cc1ccccc1)C(=O)O)C(=O)N[C@H](C=O)Cc1ccccc1. The van der Waals surface area contributed by atoms with Gasteiger partial charge in [0.1, 0.15) is 17.9 Å². The number of rotatable bonds is 11. The highest BCUT2D eigenvalue weighted by atomic mass is 16.6. The van der Waals surface area contributed by atoms with Crippen LogP contribution in [-0.4, -0.2) is 47.0 Å². The van der Waals surface area contributed by atoms with Crippen molar-refractivity contribution in [2.24, 2.45) is 5.92 Å². The molecule has 182 valence electrons. The van der Waals surface area contributed by atoms with Crippen molar-refractivity contribution >= 4 is 24.3 Å². The van der Waals surface area contributed by atoms with Crippen LogP contribution in [0.5, 0.6) is 0 Å². The lowest BCUT2D eigenvalue weighted by molar-refractivity contribution is -0.142. The first-order valence-electron chi connectivity index (χ1n) is 11.1. The molecule has 1 unspecified atom stereocenters. The van der Waals surface area contributed by atoms with Gasteiger partial charge in [-0.15, -0.1) is 0 Å².